The van der Waals surface area contributed by atoms with Crippen molar-refractivity contribution in [3.8, 4) is 5.75 Å². The summed E-state index contributed by atoms with van der Waals surface area (Å²) in [7, 11) is 1.46. The summed E-state index contributed by atoms with van der Waals surface area (Å²) in [5.41, 5.74) is 0.0516. The fourth-order valence-electron chi connectivity index (χ4n) is 2.64. The molecule has 1 aromatic rings. The highest BCUT2D eigenvalue weighted by molar-refractivity contribution is 5.94. The molecule has 2 N–H and O–H groups in total. The molecule has 0 radical (unpaired) electrons. The van der Waals surface area contributed by atoms with Crippen LogP contribution in [0.2, 0.25) is 0 Å². The van der Waals surface area contributed by atoms with E-state index in [1.807, 2.05) is 6.92 Å². The van der Waals surface area contributed by atoms with Crippen LogP contribution in [0.4, 0.5) is 4.39 Å². The molecule has 0 saturated carbocycles. The van der Waals surface area contributed by atoms with Gasteiger partial charge in [-0.3, -0.25) is 4.79 Å². The van der Waals surface area contributed by atoms with Gasteiger partial charge in [0, 0.05) is 18.2 Å². The molecule has 3 unspecified atom stereocenters. The van der Waals surface area contributed by atoms with Crippen molar-refractivity contribution in [2.75, 3.05) is 13.7 Å². The zero-order valence-corrected chi connectivity index (χ0v) is 13.3. The van der Waals surface area contributed by atoms with Crippen LogP contribution in [0.1, 0.15) is 30.6 Å². The summed E-state index contributed by atoms with van der Waals surface area (Å²) in [5.74, 6) is -0.167. The molecule has 1 aliphatic rings. The SMILES string of the molecule is COc1ccc(C(=O)NC2C(C)CCNC2C)c(F)c1.Cl. The molecular formula is C15H22ClFN2O2. The molecule has 21 heavy (non-hydrogen) atoms. The van der Waals surface area contributed by atoms with Gasteiger partial charge in [-0.05, 0) is 37.9 Å². The van der Waals surface area contributed by atoms with Crippen LogP contribution < -0.4 is 15.4 Å². The van der Waals surface area contributed by atoms with E-state index < -0.39 is 5.82 Å². The van der Waals surface area contributed by atoms with E-state index in [4.69, 9.17) is 4.74 Å². The molecule has 1 aromatic carbocycles. The minimum absolute atomic E-state index is 0. The zero-order valence-electron chi connectivity index (χ0n) is 12.5. The fourth-order valence-corrected chi connectivity index (χ4v) is 2.64. The molecule has 0 bridgehead atoms. The van der Waals surface area contributed by atoms with Gasteiger partial charge in [0.15, 0.2) is 0 Å². The molecular weight excluding hydrogens is 295 g/mol. The number of nitrogens with one attached hydrogen (secondary N) is 2. The molecule has 6 heteroatoms. The van der Waals surface area contributed by atoms with Gasteiger partial charge in [-0.15, -0.1) is 12.4 Å². The first-order valence-electron chi connectivity index (χ1n) is 6.90. The van der Waals surface area contributed by atoms with Gasteiger partial charge in [-0.2, -0.15) is 0 Å². The van der Waals surface area contributed by atoms with Gasteiger partial charge in [-0.25, -0.2) is 4.39 Å². The Morgan fingerprint density at radius 3 is 2.71 bits per heavy atom. The predicted octanol–water partition coefficient (Wildman–Crippen LogP) is 2.37. The number of hydrogen-bond donors (Lipinski definition) is 2. The van der Waals surface area contributed by atoms with Crippen molar-refractivity contribution in [1.29, 1.82) is 0 Å². The first kappa shape index (κ1) is 17.7. The number of halogens is 2. The number of methoxy groups -OCH3 is 1. The minimum Gasteiger partial charge on any atom is -0.497 e. The topological polar surface area (TPSA) is 50.4 Å². The average Bonchev–Trinajstić information content (AvgIpc) is 2.42. The Bertz CT molecular complexity index is 489. The molecule has 3 atom stereocenters. The van der Waals surface area contributed by atoms with Crippen molar-refractivity contribution in [3.05, 3.63) is 29.6 Å². The van der Waals surface area contributed by atoms with Crippen molar-refractivity contribution in [1.82, 2.24) is 10.6 Å². The lowest BCUT2D eigenvalue weighted by atomic mass is 9.89. The molecule has 1 amide bonds. The number of benzene rings is 1. The number of carbonyl (C=O) groups is 1. The van der Waals surface area contributed by atoms with Gasteiger partial charge in [0.2, 0.25) is 0 Å². The molecule has 4 nitrogen and oxygen atoms in total. The van der Waals surface area contributed by atoms with Gasteiger partial charge in [0.05, 0.1) is 12.7 Å². The summed E-state index contributed by atoms with van der Waals surface area (Å²) < 4.78 is 18.8. The number of amides is 1. The van der Waals surface area contributed by atoms with Gasteiger partial charge in [0.1, 0.15) is 11.6 Å². The first-order chi connectivity index (χ1) is 9.52. The molecule has 1 aliphatic heterocycles. The number of ether oxygens (including phenoxy) is 1. The molecule has 1 saturated heterocycles. The van der Waals surface area contributed by atoms with Crippen LogP contribution in [0.5, 0.6) is 5.75 Å². The molecule has 1 heterocycles. The van der Waals surface area contributed by atoms with E-state index >= 15 is 0 Å². The van der Waals surface area contributed by atoms with Crippen LogP contribution in [0, 0.1) is 11.7 Å². The fraction of sp³-hybridized carbons (Fsp3) is 0.533. The summed E-state index contributed by atoms with van der Waals surface area (Å²) >= 11 is 0. The van der Waals surface area contributed by atoms with E-state index in [1.165, 1.54) is 19.2 Å². The second-order valence-corrected chi connectivity index (χ2v) is 5.35. The minimum atomic E-state index is -0.564. The lowest BCUT2D eigenvalue weighted by molar-refractivity contribution is 0.0893. The van der Waals surface area contributed by atoms with Crippen molar-refractivity contribution >= 4 is 18.3 Å². The van der Waals surface area contributed by atoms with Crippen molar-refractivity contribution in [3.63, 3.8) is 0 Å². The van der Waals surface area contributed by atoms with Crippen molar-refractivity contribution in [2.24, 2.45) is 5.92 Å². The zero-order chi connectivity index (χ0) is 14.7. The highest BCUT2D eigenvalue weighted by atomic mass is 35.5. The maximum Gasteiger partial charge on any atom is 0.254 e. The number of hydrogen-bond acceptors (Lipinski definition) is 3. The Hall–Kier alpha value is -1.33. The maximum absolute atomic E-state index is 13.9. The Labute approximate surface area is 130 Å². The molecule has 0 aromatic heterocycles. The lowest BCUT2D eigenvalue weighted by Gasteiger charge is -2.36. The van der Waals surface area contributed by atoms with Crippen molar-refractivity contribution < 1.29 is 13.9 Å². The second kappa shape index (κ2) is 7.61. The molecule has 1 fully saturated rings. The van der Waals surface area contributed by atoms with Crippen LogP contribution in [0.3, 0.4) is 0 Å². The van der Waals surface area contributed by atoms with Crippen LogP contribution in [0.25, 0.3) is 0 Å². The summed E-state index contributed by atoms with van der Waals surface area (Å²) in [5, 5.41) is 6.25. The van der Waals surface area contributed by atoms with E-state index in [2.05, 4.69) is 17.6 Å². The third-order valence-corrected chi connectivity index (χ3v) is 3.94. The second-order valence-electron chi connectivity index (χ2n) is 5.35. The summed E-state index contributed by atoms with van der Waals surface area (Å²) in [6, 6.07) is 4.46. The maximum atomic E-state index is 13.9. The summed E-state index contributed by atoms with van der Waals surface area (Å²) in [4.78, 5) is 12.2. The number of piperidine rings is 1. The van der Waals surface area contributed by atoms with E-state index in [0.29, 0.717) is 11.7 Å². The van der Waals surface area contributed by atoms with Crippen LogP contribution in [-0.4, -0.2) is 31.6 Å². The average molecular weight is 317 g/mol. The van der Waals surface area contributed by atoms with E-state index in [1.54, 1.807) is 6.07 Å². The summed E-state index contributed by atoms with van der Waals surface area (Å²) in [6.07, 6.45) is 1.00. The standard InChI is InChI=1S/C15H21FN2O2.ClH/c1-9-6-7-17-10(2)14(9)18-15(19)12-5-4-11(20-3)8-13(12)16;/h4-5,8-10,14,17H,6-7H2,1-3H3,(H,18,19);1H. The Morgan fingerprint density at radius 2 is 2.14 bits per heavy atom. The third kappa shape index (κ3) is 4.08. The third-order valence-electron chi connectivity index (χ3n) is 3.94. The molecule has 118 valence electrons. The Kier molecular flexibility index (Phi) is 6.42. The highest BCUT2D eigenvalue weighted by Crippen LogP contribution is 2.19. The van der Waals surface area contributed by atoms with E-state index in [9.17, 15) is 9.18 Å². The highest BCUT2D eigenvalue weighted by Gasteiger charge is 2.29. The Balaban J connectivity index is 0.00000220. The lowest BCUT2D eigenvalue weighted by Crippen LogP contribution is -2.56. The van der Waals surface area contributed by atoms with Crippen LogP contribution >= 0.6 is 12.4 Å². The van der Waals surface area contributed by atoms with Gasteiger partial charge < -0.3 is 15.4 Å². The van der Waals surface area contributed by atoms with Gasteiger partial charge >= 0.3 is 0 Å². The number of rotatable bonds is 3. The van der Waals surface area contributed by atoms with E-state index in [0.717, 1.165) is 13.0 Å². The van der Waals surface area contributed by atoms with Crippen LogP contribution in [-0.2, 0) is 0 Å². The smallest absolute Gasteiger partial charge is 0.254 e. The summed E-state index contributed by atoms with van der Waals surface area (Å²) in [6.45, 7) is 5.09. The monoisotopic (exact) mass is 316 g/mol. The van der Waals surface area contributed by atoms with E-state index in [-0.39, 0.29) is 36.0 Å². The predicted molar refractivity (Wildman–Crippen MR) is 82.7 cm³/mol. The van der Waals surface area contributed by atoms with Crippen molar-refractivity contribution in [2.45, 2.75) is 32.4 Å². The van der Waals surface area contributed by atoms with Gasteiger partial charge in [-0.1, -0.05) is 6.92 Å². The van der Waals surface area contributed by atoms with Gasteiger partial charge in [0.25, 0.3) is 5.91 Å². The molecule has 0 spiro atoms. The number of carbonyl (C=O) groups excluding carboxylic acids is 1. The first-order valence-corrected chi connectivity index (χ1v) is 6.90. The Morgan fingerprint density at radius 1 is 1.43 bits per heavy atom. The van der Waals surface area contributed by atoms with Crippen LogP contribution in [0.15, 0.2) is 18.2 Å². The quantitative estimate of drug-likeness (QED) is 0.900. The normalized spacial score (nSPS) is 24.9. The molecule has 2 rings (SSSR count). The largest absolute Gasteiger partial charge is 0.497 e. The molecule has 0 aliphatic carbocycles.